The van der Waals surface area contributed by atoms with Crippen molar-refractivity contribution in [2.45, 2.75) is 38.6 Å². The lowest BCUT2D eigenvalue weighted by Crippen LogP contribution is -2.25. The number of imidazole rings is 1. The minimum atomic E-state index is -0.128. The third-order valence-corrected chi connectivity index (χ3v) is 5.24. The molecule has 2 amide bonds. The molecule has 0 saturated carbocycles. The SMILES string of the molecule is COc1cc(CC(=O)NCc2cccc(C#CCCCC(=O)NCCc3cnc[nH]3)c2)ccc1O. The van der Waals surface area contributed by atoms with Gasteiger partial charge in [-0.1, -0.05) is 30.0 Å². The molecule has 0 aliphatic heterocycles. The van der Waals surface area contributed by atoms with Crippen molar-refractivity contribution < 1.29 is 19.4 Å². The highest BCUT2D eigenvalue weighted by molar-refractivity contribution is 5.78. The Morgan fingerprint density at radius 1 is 1.11 bits per heavy atom. The highest BCUT2D eigenvalue weighted by atomic mass is 16.5. The average Bonchev–Trinajstić information content (AvgIpc) is 3.37. The molecule has 0 spiro atoms. The lowest BCUT2D eigenvalue weighted by atomic mass is 10.1. The van der Waals surface area contributed by atoms with Crippen molar-refractivity contribution in [1.29, 1.82) is 0 Å². The molecule has 8 heteroatoms. The first-order chi connectivity index (χ1) is 17.0. The van der Waals surface area contributed by atoms with Gasteiger partial charge in [0.25, 0.3) is 0 Å². The molecule has 2 aromatic carbocycles. The minimum Gasteiger partial charge on any atom is -0.504 e. The fourth-order valence-electron chi connectivity index (χ4n) is 3.39. The number of carbonyl (C=O) groups is 2. The van der Waals surface area contributed by atoms with Crippen molar-refractivity contribution >= 4 is 11.8 Å². The van der Waals surface area contributed by atoms with E-state index >= 15 is 0 Å². The number of nitrogens with zero attached hydrogens (tertiary/aromatic N) is 1. The van der Waals surface area contributed by atoms with Gasteiger partial charge in [0, 0.05) is 49.8 Å². The van der Waals surface area contributed by atoms with Gasteiger partial charge in [0.1, 0.15) is 0 Å². The van der Waals surface area contributed by atoms with E-state index in [4.69, 9.17) is 4.74 Å². The molecule has 1 heterocycles. The Kier molecular flexibility index (Phi) is 9.75. The molecule has 0 unspecified atom stereocenters. The summed E-state index contributed by atoms with van der Waals surface area (Å²) in [7, 11) is 1.47. The zero-order valence-corrected chi connectivity index (χ0v) is 19.8. The van der Waals surface area contributed by atoms with Gasteiger partial charge in [-0.15, -0.1) is 0 Å². The number of nitrogens with one attached hydrogen (secondary N) is 3. The number of phenolic OH excluding ortho intramolecular Hbond substituents is 1. The molecule has 0 fully saturated rings. The Morgan fingerprint density at radius 3 is 2.80 bits per heavy atom. The fraction of sp³-hybridized carbons (Fsp3) is 0.296. The number of methoxy groups -OCH3 is 1. The van der Waals surface area contributed by atoms with Crippen LogP contribution in [0.4, 0.5) is 0 Å². The van der Waals surface area contributed by atoms with E-state index in [1.54, 1.807) is 24.7 Å². The molecule has 0 saturated heterocycles. The van der Waals surface area contributed by atoms with E-state index in [0.29, 0.717) is 38.1 Å². The molecule has 182 valence electrons. The maximum Gasteiger partial charge on any atom is 0.224 e. The Hall–Kier alpha value is -4.25. The Morgan fingerprint density at radius 2 is 2.00 bits per heavy atom. The number of aromatic nitrogens is 2. The highest BCUT2D eigenvalue weighted by Crippen LogP contribution is 2.26. The molecular weight excluding hydrogens is 444 g/mol. The van der Waals surface area contributed by atoms with E-state index in [-0.39, 0.29) is 24.0 Å². The normalized spacial score (nSPS) is 10.2. The van der Waals surface area contributed by atoms with E-state index in [1.165, 1.54) is 13.2 Å². The molecule has 0 aliphatic rings. The third-order valence-electron chi connectivity index (χ3n) is 5.24. The lowest BCUT2D eigenvalue weighted by Gasteiger charge is -2.08. The van der Waals surface area contributed by atoms with Crippen molar-refractivity contribution in [3.63, 3.8) is 0 Å². The molecule has 3 aromatic rings. The van der Waals surface area contributed by atoms with Gasteiger partial charge in [0.05, 0.1) is 19.9 Å². The van der Waals surface area contributed by atoms with Crippen LogP contribution < -0.4 is 15.4 Å². The van der Waals surface area contributed by atoms with E-state index < -0.39 is 0 Å². The number of ether oxygens (including phenoxy) is 1. The molecule has 0 radical (unpaired) electrons. The monoisotopic (exact) mass is 474 g/mol. The van der Waals surface area contributed by atoms with Gasteiger partial charge in [-0.05, 0) is 41.8 Å². The van der Waals surface area contributed by atoms with Crippen LogP contribution in [0.25, 0.3) is 0 Å². The van der Waals surface area contributed by atoms with E-state index in [0.717, 1.165) is 28.8 Å². The van der Waals surface area contributed by atoms with Crippen LogP contribution in [0.1, 0.15) is 41.6 Å². The summed E-state index contributed by atoms with van der Waals surface area (Å²) in [6.07, 6.45) is 6.06. The molecule has 3 rings (SSSR count). The van der Waals surface area contributed by atoms with Crippen LogP contribution >= 0.6 is 0 Å². The Balaban J connectivity index is 1.36. The van der Waals surface area contributed by atoms with Crippen LogP contribution in [0.3, 0.4) is 0 Å². The third kappa shape index (κ3) is 8.89. The summed E-state index contributed by atoms with van der Waals surface area (Å²) >= 11 is 0. The van der Waals surface area contributed by atoms with Gasteiger partial charge in [0.2, 0.25) is 11.8 Å². The van der Waals surface area contributed by atoms with Crippen LogP contribution in [-0.2, 0) is 29.0 Å². The molecule has 35 heavy (non-hydrogen) atoms. The molecular formula is C27H30N4O4. The lowest BCUT2D eigenvalue weighted by molar-refractivity contribution is -0.121. The predicted molar refractivity (Wildman–Crippen MR) is 133 cm³/mol. The summed E-state index contributed by atoms with van der Waals surface area (Å²) in [5.74, 6) is 6.51. The van der Waals surface area contributed by atoms with Crippen LogP contribution in [0, 0.1) is 11.8 Å². The number of rotatable bonds is 11. The number of hydrogen-bond donors (Lipinski definition) is 4. The zero-order valence-electron chi connectivity index (χ0n) is 19.8. The van der Waals surface area contributed by atoms with Crippen molar-refractivity contribution in [2.24, 2.45) is 0 Å². The standard InChI is InChI=1S/C27H30N4O4/c1-35-25-15-21(10-11-24(25)32)16-27(34)30-17-22-8-5-7-20(14-22)6-3-2-4-9-26(33)29-13-12-23-18-28-19-31-23/h5,7-8,10-11,14-15,18-19,32H,2,4,9,12-13,16-17H2,1H3,(H,28,31)(H,29,33)(H,30,34). The number of hydrogen-bond acceptors (Lipinski definition) is 5. The number of carbonyl (C=O) groups excluding carboxylic acids is 2. The number of unbranched alkanes of at least 4 members (excludes halogenated alkanes) is 1. The van der Waals surface area contributed by atoms with Crippen LogP contribution in [0.15, 0.2) is 55.0 Å². The predicted octanol–water partition coefficient (Wildman–Crippen LogP) is 2.86. The Labute approximate surface area is 205 Å². The van der Waals surface area contributed by atoms with Crippen molar-refractivity contribution in [1.82, 2.24) is 20.6 Å². The minimum absolute atomic E-state index is 0.0230. The van der Waals surface area contributed by atoms with E-state index in [9.17, 15) is 14.7 Å². The van der Waals surface area contributed by atoms with E-state index in [2.05, 4.69) is 32.4 Å². The second-order valence-electron chi connectivity index (χ2n) is 7.99. The number of amides is 2. The molecule has 0 bridgehead atoms. The summed E-state index contributed by atoms with van der Waals surface area (Å²) in [6, 6.07) is 12.6. The second-order valence-corrected chi connectivity index (χ2v) is 7.99. The maximum absolute atomic E-state index is 12.3. The Bertz CT molecular complexity index is 1180. The quantitative estimate of drug-likeness (QED) is 0.252. The van der Waals surface area contributed by atoms with Gasteiger partial charge < -0.3 is 25.5 Å². The number of aromatic hydroxyl groups is 1. The molecule has 0 atom stereocenters. The molecule has 0 aliphatic carbocycles. The smallest absolute Gasteiger partial charge is 0.224 e. The number of H-pyrrole nitrogens is 1. The second kappa shape index (κ2) is 13.5. The summed E-state index contributed by atoms with van der Waals surface area (Å²) in [6.45, 7) is 0.974. The largest absolute Gasteiger partial charge is 0.504 e. The summed E-state index contributed by atoms with van der Waals surface area (Å²) in [5.41, 5.74) is 3.56. The number of phenols is 1. The number of benzene rings is 2. The summed E-state index contributed by atoms with van der Waals surface area (Å²) < 4.78 is 5.08. The first kappa shape index (κ1) is 25.4. The van der Waals surface area contributed by atoms with Gasteiger partial charge in [0.15, 0.2) is 11.5 Å². The zero-order chi connectivity index (χ0) is 24.9. The highest BCUT2D eigenvalue weighted by Gasteiger charge is 2.07. The number of aromatic amines is 1. The summed E-state index contributed by atoms with van der Waals surface area (Å²) in [4.78, 5) is 31.2. The van der Waals surface area contributed by atoms with Crippen molar-refractivity contribution in [2.75, 3.05) is 13.7 Å². The van der Waals surface area contributed by atoms with Crippen LogP contribution in [0.2, 0.25) is 0 Å². The molecule has 8 nitrogen and oxygen atoms in total. The van der Waals surface area contributed by atoms with Gasteiger partial charge in [-0.3, -0.25) is 9.59 Å². The van der Waals surface area contributed by atoms with Gasteiger partial charge >= 0.3 is 0 Å². The van der Waals surface area contributed by atoms with Gasteiger partial charge in [-0.2, -0.15) is 0 Å². The maximum atomic E-state index is 12.3. The van der Waals surface area contributed by atoms with Gasteiger partial charge in [-0.25, -0.2) is 4.98 Å². The van der Waals surface area contributed by atoms with Crippen LogP contribution in [0.5, 0.6) is 11.5 Å². The molecule has 1 aromatic heterocycles. The van der Waals surface area contributed by atoms with Crippen molar-refractivity contribution in [3.8, 4) is 23.3 Å². The average molecular weight is 475 g/mol. The first-order valence-electron chi connectivity index (χ1n) is 11.5. The molecule has 4 N–H and O–H groups in total. The van der Waals surface area contributed by atoms with Crippen molar-refractivity contribution in [3.05, 3.63) is 77.4 Å². The first-order valence-corrected chi connectivity index (χ1v) is 11.5. The summed E-state index contributed by atoms with van der Waals surface area (Å²) in [5, 5.41) is 15.5. The van der Waals surface area contributed by atoms with Crippen LogP contribution in [-0.4, -0.2) is 40.5 Å². The fourth-order valence-corrected chi connectivity index (χ4v) is 3.39. The van der Waals surface area contributed by atoms with E-state index in [1.807, 2.05) is 24.3 Å². The topological polar surface area (TPSA) is 116 Å².